The molecule has 4 N–H and O–H groups in total. The number of aryl methyl sites for hydroxylation is 1. The summed E-state index contributed by atoms with van der Waals surface area (Å²) in [7, 11) is -3.77. The van der Waals surface area contributed by atoms with Crippen LogP contribution < -0.4 is 16.4 Å². The van der Waals surface area contributed by atoms with Crippen molar-refractivity contribution in [1.29, 1.82) is 0 Å². The molecule has 2 fully saturated rings. The van der Waals surface area contributed by atoms with Crippen LogP contribution in [0.4, 0.5) is 5.82 Å². The highest BCUT2D eigenvalue weighted by molar-refractivity contribution is 7.91. The number of hydrogen-bond acceptors (Lipinski definition) is 6. The van der Waals surface area contributed by atoms with Crippen molar-refractivity contribution < 1.29 is 18.0 Å². The second-order valence-corrected chi connectivity index (χ2v) is 13.3. The van der Waals surface area contributed by atoms with Crippen LogP contribution in [0.25, 0.3) is 22.0 Å². The lowest BCUT2D eigenvalue weighted by atomic mass is 9.84. The van der Waals surface area contributed by atoms with Crippen molar-refractivity contribution >= 4 is 38.6 Å². The number of rotatable bonds is 8. The molecule has 2 amide bonds. The lowest BCUT2D eigenvalue weighted by Crippen LogP contribution is -2.50. The van der Waals surface area contributed by atoms with E-state index in [9.17, 15) is 18.0 Å². The number of amides is 2. The molecule has 39 heavy (non-hydrogen) atoms. The summed E-state index contributed by atoms with van der Waals surface area (Å²) in [5.41, 5.74) is 8.57. The molecular formula is C29H35N5O4S. The Morgan fingerprint density at radius 1 is 1.28 bits per heavy atom. The van der Waals surface area contributed by atoms with Crippen LogP contribution in [0, 0.1) is 18.8 Å². The van der Waals surface area contributed by atoms with E-state index in [0.29, 0.717) is 58.2 Å². The van der Waals surface area contributed by atoms with E-state index in [-0.39, 0.29) is 36.2 Å². The van der Waals surface area contributed by atoms with Gasteiger partial charge in [0.2, 0.25) is 15.9 Å². The highest BCUT2D eigenvalue weighted by Gasteiger charge is 2.54. The molecule has 3 heterocycles. The molecule has 5 rings (SSSR count). The van der Waals surface area contributed by atoms with E-state index in [1.807, 2.05) is 13.8 Å². The fourth-order valence-corrected chi connectivity index (χ4v) is 7.87. The summed E-state index contributed by atoms with van der Waals surface area (Å²) in [5.74, 6) is -0.305. The van der Waals surface area contributed by atoms with E-state index in [1.165, 1.54) is 3.97 Å². The van der Waals surface area contributed by atoms with Gasteiger partial charge in [0.05, 0.1) is 16.2 Å². The molecule has 1 aromatic carbocycles. The van der Waals surface area contributed by atoms with Gasteiger partial charge in [-0.25, -0.2) is 17.4 Å². The molecule has 3 aromatic rings. The van der Waals surface area contributed by atoms with Gasteiger partial charge in [0.25, 0.3) is 5.91 Å². The van der Waals surface area contributed by atoms with Gasteiger partial charge in [-0.15, -0.1) is 6.58 Å². The maximum atomic E-state index is 13.9. The molecule has 10 heteroatoms. The van der Waals surface area contributed by atoms with E-state index >= 15 is 0 Å². The summed E-state index contributed by atoms with van der Waals surface area (Å²) >= 11 is 0. The number of allylic oxidation sites excluding steroid dienone is 1. The minimum atomic E-state index is -3.77. The Morgan fingerprint density at radius 2 is 2.03 bits per heavy atom. The molecule has 2 aliphatic rings. The van der Waals surface area contributed by atoms with Crippen molar-refractivity contribution in [3.63, 3.8) is 0 Å². The molecule has 0 bridgehead atoms. The molecule has 206 valence electrons. The van der Waals surface area contributed by atoms with Crippen LogP contribution in [0.15, 0.2) is 49.3 Å². The Hall–Kier alpha value is -3.66. The van der Waals surface area contributed by atoms with Crippen LogP contribution in [0.1, 0.15) is 55.5 Å². The fourth-order valence-electron chi connectivity index (χ4n) is 5.81. The molecule has 1 saturated heterocycles. The van der Waals surface area contributed by atoms with Crippen molar-refractivity contribution in [1.82, 2.24) is 19.6 Å². The number of nitrogens with two attached hydrogens (primary N) is 1. The number of pyridine rings is 1. The lowest BCUT2D eigenvalue weighted by Gasteiger charge is -2.32. The SMILES string of the molecule is C=CCC1(S(=O)(=O)n2cc(C)c3c(C(=O)NCC4C(=O)NC(C)CC4C)cc(-c4ccc(N)nc4)cc32)CC1. The van der Waals surface area contributed by atoms with E-state index in [1.54, 1.807) is 49.7 Å². The lowest BCUT2D eigenvalue weighted by molar-refractivity contribution is -0.129. The molecule has 3 unspecified atom stereocenters. The van der Waals surface area contributed by atoms with Crippen LogP contribution in [-0.4, -0.2) is 46.5 Å². The quantitative estimate of drug-likeness (QED) is 0.366. The number of carbonyl (C=O) groups excluding carboxylic acids is 2. The van der Waals surface area contributed by atoms with E-state index in [0.717, 1.165) is 6.42 Å². The van der Waals surface area contributed by atoms with Gasteiger partial charge < -0.3 is 16.4 Å². The first kappa shape index (κ1) is 26.9. The predicted octanol–water partition coefficient (Wildman–Crippen LogP) is 3.77. The zero-order valence-electron chi connectivity index (χ0n) is 22.5. The normalized spacial score (nSPS) is 22.3. The first-order valence-electron chi connectivity index (χ1n) is 13.3. The maximum Gasteiger partial charge on any atom is 0.252 e. The summed E-state index contributed by atoms with van der Waals surface area (Å²) in [4.78, 5) is 30.5. The summed E-state index contributed by atoms with van der Waals surface area (Å²) in [6.45, 7) is 9.75. The number of nitrogen functional groups attached to an aromatic ring is 1. The number of piperidine rings is 1. The van der Waals surface area contributed by atoms with Gasteiger partial charge in [-0.1, -0.05) is 13.0 Å². The third kappa shape index (κ3) is 4.71. The van der Waals surface area contributed by atoms with Gasteiger partial charge in [-0.3, -0.25) is 9.59 Å². The zero-order valence-corrected chi connectivity index (χ0v) is 23.3. The predicted molar refractivity (Wildman–Crippen MR) is 153 cm³/mol. The summed E-state index contributed by atoms with van der Waals surface area (Å²) in [6, 6.07) is 7.08. The Kier molecular flexibility index (Phi) is 6.78. The number of fused-ring (bicyclic) bond motifs is 1. The third-order valence-electron chi connectivity index (χ3n) is 8.17. The van der Waals surface area contributed by atoms with E-state index < -0.39 is 14.8 Å². The number of carbonyl (C=O) groups is 2. The minimum absolute atomic E-state index is 0.0706. The molecule has 3 atom stereocenters. The maximum absolute atomic E-state index is 13.9. The molecule has 0 radical (unpaired) electrons. The molecular weight excluding hydrogens is 514 g/mol. The van der Waals surface area contributed by atoms with Crippen LogP contribution >= 0.6 is 0 Å². The average molecular weight is 550 g/mol. The van der Waals surface area contributed by atoms with Crippen molar-refractivity contribution in [2.45, 2.75) is 57.2 Å². The second-order valence-electron chi connectivity index (χ2n) is 11.1. The van der Waals surface area contributed by atoms with Crippen molar-refractivity contribution in [2.75, 3.05) is 12.3 Å². The molecule has 1 saturated carbocycles. The monoisotopic (exact) mass is 549 g/mol. The Labute approximate surface area is 228 Å². The van der Waals surface area contributed by atoms with Gasteiger partial charge in [0.15, 0.2) is 0 Å². The highest BCUT2D eigenvalue weighted by Crippen LogP contribution is 2.49. The first-order valence-corrected chi connectivity index (χ1v) is 14.7. The van der Waals surface area contributed by atoms with Crippen molar-refractivity contribution in [3.8, 4) is 11.1 Å². The number of nitrogens with one attached hydrogen (secondary N) is 2. The molecule has 2 aromatic heterocycles. The number of hydrogen-bond donors (Lipinski definition) is 3. The van der Waals surface area contributed by atoms with Gasteiger partial charge in [-0.05, 0) is 80.8 Å². The standard InChI is InChI=1S/C29H35N5O4S/c1-5-8-29(9-10-29)39(37,38)34-16-18(3)26-22(12-21(13-24(26)34)20-6-7-25(30)31-14-20)27(35)32-15-23-17(2)11-19(4)33-28(23)36/h5-7,12-14,16-17,19,23H,1,8-11,15H2,2-4H3,(H2,30,31)(H,32,35)(H,33,36). The topological polar surface area (TPSA) is 136 Å². The largest absolute Gasteiger partial charge is 0.384 e. The Morgan fingerprint density at radius 3 is 2.64 bits per heavy atom. The average Bonchev–Trinajstić information content (AvgIpc) is 3.60. The van der Waals surface area contributed by atoms with E-state index in [2.05, 4.69) is 22.2 Å². The smallest absolute Gasteiger partial charge is 0.252 e. The van der Waals surface area contributed by atoms with Crippen molar-refractivity contribution in [3.05, 3.63) is 60.4 Å². The fraction of sp³-hybridized carbons (Fsp3) is 0.414. The number of benzene rings is 1. The third-order valence-corrected chi connectivity index (χ3v) is 10.7. The highest BCUT2D eigenvalue weighted by atomic mass is 32.2. The number of anilines is 1. The molecule has 0 spiro atoms. The second kappa shape index (κ2) is 9.82. The van der Waals surface area contributed by atoms with E-state index in [4.69, 9.17) is 5.73 Å². The van der Waals surface area contributed by atoms with Gasteiger partial charge in [0, 0.05) is 41.5 Å². The van der Waals surface area contributed by atoms with Gasteiger partial charge in [0.1, 0.15) is 5.82 Å². The van der Waals surface area contributed by atoms with Crippen LogP contribution in [0.2, 0.25) is 0 Å². The van der Waals surface area contributed by atoms with Crippen LogP contribution in [0.5, 0.6) is 0 Å². The first-order chi connectivity index (χ1) is 18.5. The summed E-state index contributed by atoms with van der Waals surface area (Å²) in [5, 5.41) is 6.48. The minimum Gasteiger partial charge on any atom is -0.384 e. The summed E-state index contributed by atoms with van der Waals surface area (Å²) in [6.07, 6.45) is 7.18. The van der Waals surface area contributed by atoms with Crippen molar-refractivity contribution in [2.24, 2.45) is 11.8 Å². The zero-order chi connectivity index (χ0) is 28.1. The van der Waals surface area contributed by atoms with Gasteiger partial charge >= 0.3 is 0 Å². The Bertz CT molecular complexity index is 1570. The summed E-state index contributed by atoms with van der Waals surface area (Å²) < 4.78 is 28.2. The Balaban J connectivity index is 1.60. The number of aromatic nitrogens is 2. The molecule has 9 nitrogen and oxygen atoms in total. The van der Waals surface area contributed by atoms with Gasteiger partial charge in [-0.2, -0.15) is 0 Å². The molecule has 1 aliphatic heterocycles. The molecule has 1 aliphatic carbocycles. The number of nitrogens with zero attached hydrogens (tertiary/aromatic N) is 2. The van der Waals surface area contributed by atoms with Crippen LogP contribution in [-0.2, 0) is 14.8 Å². The van der Waals surface area contributed by atoms with Crippen LogP contribution in [0.3, 0.4) is 0 Å².